The van der Waals surface area contributed by atoms with Gasteiger partial charge in [-0.2, -0.15) is 0 Å². The van der Waals surface area contributed by atoms with Gasteiger partial charge in [0.1, 0.15) is 11.4 Å². The molecule has 3 unspecified atom stereocenters. The van der Waals surface area contributed by atoms with Crippen LogP contribution in [0, 0.1) is 0 Å². The van der Waals surface area contributed by atoms with Crippen LogP contribution in [-0.4, -0.2) is 25.4 Å². The lowest BCUT2D eigenvalue weighted by atomic mass is 9.80. The first-order chi connectivity index (χ1) is 9.12. The maximum atomic E-state index is 6.34. The van der Waals surface area contributed by atoms with Crippen molar-refractivity contribution in [2.24, 2.45) is 0 Å². The Morgan fingerprint density at radius 3 is 2.95 bits per heavy atom. The molecule has 1 spiro atoms. The Balaban J connectivity index is 1.95. The molecular formula is C15H20ClNO2. The van der Waals surface area contributed by atoms with Crippen LogP contribution in [0.5, 0.6) is 5.75 Å². The van der Waals surface area contributed by atoms with Gasteiger partial charge in [0.25, 0.3) is 0 Å². The first-order valence-corrected chi connectivity index (χ1v) is 7.27. The summed E-state index contributed by atoms with van der Waals surface area (Å²) in [5.41, 5.74) is 1.08. The van der Waals surface area contributed by atoms with Crippen molar-refractivity contribution in [3.8, 4) is 5.75 Å². The molecule has 1 saturated heterocycles. The van der Waals surface area contributed by atoms with Gasteiger partial charge >= 0.3 is 0 Å². The molecule has 1 N–H and O–H groups in total. The van der Waals surface area contributed by atoms with E-state index >= 15 is 0 Å². The summed E-state index contributed by atoms with van der Waals surface area (Å²) < 4.78 is 12.0. The smallest absolute Gasteiger partial charge is 0.125 e. The predicted octanol–water partition coefficient (Wildman–Crippen LogP) is 3.32. The molecule has 3 atom stereocenters. The maximum absolute atomic E-state index is 6.34. The SMILES string of the molecule is CNC1CC2(CCOC(C)C2)Oc2ccc(Cl)cc21. The van der Waals surface area contributed by atoms with Gasteiger partial charge in [0.15, 0.2) is 0 Å². The Morgan fingerprint density at radius 2 is 2.21 bits per heavy atom. The van der Waals surface area contributed by atoms with Gasteiger partial charge in [-0.05, 0) is 32.2 Å². The summed E-state index contributed by atoms with van der Waals surface area (Å²) in [6, 6.07) is 6.19. The topological polar surface area (TPSA) is 30.5 Å². The van der Waals surface area contributed by atoms with Crippen molar-refractivity contribution in [2.45, 2.75) is 43.9 Å². The van der Waals surface area contributed by atoms with Crippen LogP contribution in [-0.2, 0) is 4.74 Å². The second-order valence-electron chi connectivity index (χ2n) is 5.65. The Hall–Kier alpha value is -0.770. The van der Waals surface area contributed by atoms with E-state index in [1.807, 2.05) is 25.2 Å². The van der Waals surface area contributed by atoms with E-state index in [1.165, 1.54) is 5.56 Å². The van der Waals surface area contributed by atoms with Crippen molar-refractivity contribution < 1.29 is 9.47 Å². The Labute approximate surface area is 119 Å². The third-order valence-corrected chi connectivity index (χ3v) is 4.45. The largest absolute Gasteiger partial charge is 0.487 e. The molecule has 104 valence electrons. The van der Waals surface area contributed by atoms with Crippen LogP contribution in [0.4, 0.5) is 0 Å². The molecule has 1 fully saturated rings. The van der Waals surface area contributed by atoms with E-state index in [9.17, 15) is 0 Å². The fourth-order valence-electron chi connectivity index (χ4n) is 3.31. The van der Waals surface area contributed by atoms with E-state index in [-0.39, 0.29) is 11.7 Å². The number of rotatable bonds is 1. The molecular weight excluding hydrogens is 262 g/mol. The van der Waals surface area contributed by atoms with Crippen LogP contribution in [0.15, 0.2) is 18.2 Å². The number of ether oxygens (including phenoxy) is 2. The summed E-state index contributed by atoms with van der Waals surface area (Å²) in [6.07, 6.45) is 3.15. The van der Waals surface area contributed by atoms with Crippen LogP contribution in [0.3, 0.4) is 0 Å². The molecule has 3 nitrogen and oxygen atoms in total. The maximum Gasteiger partial charge on any atom is 0.125 e. The van der Waals surface area contributed by atoms with Crippen molar-refractivity contribution >= 4 is 11.6 Å². The van der Waals surface area contributed by atoms with Crippen LogP contribution in [0.25, 0.3) is 0 Å². The van der Waals surface area contributed by atoms with Crippen molar-refractivity contribution in [2.75, 3.05) is 13.7 Å². The van der Waals surface area contributed by atoms with E-state index in [0.717, 1.165) is 36.6 Å². The van der Waals surface area contributed by atoms with Gasteiger partial charge in [-0.1, -0.05) is 11.6 Å². The van der Waals surface area contributed by atoms with Gasteiger partial charge in [0, 0.05) is 35.9 Å². The average Bonchev–Trinajstić information content (AvgIpc) is 2.38. The molecule has 4 heteroatoms. The summed E-state index contributed by atoms with van der Waals surface area (Å²) in [7, 11) is 2.00. The molecule has 3 rings (SSSR count). The number of fused-ring (bicyclic) bond motifs is 1. The molecule has 0 aromatic heterocycles. The highest BCUT2D eigenvalue weighted by molar-refractivity contribution is 6.30. The Bertz CT molecular complexity index is 479. The zero-order chi connectivity index (χ0) is 13.5. The standard InChI is InChI=1S/C15H20ClNO2/c1-10-8-15(5-6-18-10)9-13(17-2)12-7-11(16)3-4-14(12)19-15/h3-4,7,10,13,17H,5-6,8-9H2,1-2H3. The molecule has 2 aliphatic rings. The quantitative estimate of drug-likeness (QED) is 0.857. The van der Waals surface area contributed by atoms with Gasteiger partial charge < -0.3 is 14.8 Å². The van der Waals surface area contributed by atoms with E-state index in [4.69, 9.17) is 21.1 Å². The number of benzene rings is 1. The zero-order valence-electron chi connectivity index (χ0n) is 11.4. The fourth-order valence-corrected chi connectivity index (χ4v) is 3.49. The molecule has 0 radical (unpaired) electrons. The first-order valence-electron chi connectivity index (χ1n) is 6.89. The molecule has 0 aliphatic carbocycles. The zero-order valence-corrected chi connectivity index (χ0v) is 12.2. The first kappa shape index (κ1) is 13.2. The number of halogens is 1. The van der Waals surface area contributed by atoms with Gasteiger partial charge in [-0.25, -0.2) is 0 Å². The van der Waals surface area contributed by atoms with Crippen molar-refractivity contribution in [1.82, 2.24) is 5.32 Å². The summed E-state index contributed by atoms with van der Waals surface area (Å²) in [6.45, 7) is 2.90. The van der Waals surface area contributed by atoms with Crippen LogP contribution in [0.2, 0.25) is 5.02 Å². The number of hydrogen-bond donors (Lipinski definition) is 1. The van der Waals surface area contributed by atoms with Gasteiger partial charge in [-0.3, -0.25) is 0 Å². The predicted molar refractivity (Wildman–Crippen MR) is 75.9 cm³/mol. The number of nitrogens with one attached hydrogen (secondary N) is 1. The van der Waals surface area contributed by atoms with Crippen molar-refractivity contribution in [3.63, 3.8) is 0 Å². The Kier molecular flexibility index (Phi) is 3.46. The highest BCUT2D eigenvalue weighted by Gasteiger charge is 2.43. The normalized spacial score (nSPS) is 33.8. The monoisotopic (exact) mass is 281 g/mol. The third-order valence-electron chi connectivity index (χ3n) is 4.22. The lowest BCUT2D eigenvalue weighted by Gasteiger charge is -2.46. The Morgan fingerprint density at radius 1 is 1.37 bits per heavy atom. The highest BCUT2D eigenvalue weighted by atomic mass is 35.5. The minimum Gasteiger partial charge on any atom is -0.487 e. The van der Waals surface area contributed by atoms with E-state index < -0.39 is 0 Å². The van der Waals surface area contributed by atoms with E-state index in [2.05, 4.69) is 12.2 Å². The van der Waals surface area contributed by atoms with Crippen LogP contribution in [0.1, 0.15) is 37.8 Å². The summed E-state index contributed by atoms with van der Waals surface area (Å²) in [5.74, 6) is 0.962. The molecule has 1 aromatic carbocycles. The average molecular weight is 282 g/mol. The fraction of sp³-hybridized carbons (Fsp3) is 0.600. The summed E-state index contributed by atoms with van der Waals surface area (Å²) in [4.78, 5) is 0. The lowest BCUT2D eigenvalue weighted by molar-refractivity contribution is -0.0964. The summed E-state index contributed by atoms with van der Waals surface area (Å²) in [5, 5.41) is 4.16. The van der Waals surface area contributed by atoms with Gasteiger partial charge in [0.05, 0.1) is 12.7 Å². The molecule has 0 saturated carbocycles. The minimum absolute atomic E-state index is 0.0911. The van der Waals surface area contributed by atoms with Gasteiger partial charge in [-0.15, -0.1) is 0 Å². The minimum atomic E-state index is -0.0911. The van der Waals surface area contributed by atoms with E-state index in [1.54, 1.807) is 0 Å². The van der Waals surface area contributed by atoms with Crippen molar-refractivity contribution in [1.29, 1.82) is 0 Å². The molecule has 0 amide bonds. The second kappa shape index (κ2) is 4.97. The second-order valence-corrected chi connectivity index (χ2v) is 6.08. The highest BCUT2D eigenvalue weighted by Crippen LogP contribution is 2.45. The lowest BCUT2D eigenvalue weighted by Crippen LogP contribution is -2.49. The molecule has 2 heterocycles. The number of hydrogen-bond acceptors (Lipinski definition) is 3. The van der Waals surface area contributed by atoms with Crippen LogP contribution < -0.4 is 10.1 Å². The van der Waals surface area contributed by atoms with Gasteiger partial charge in [0.2, 0.25) is 0 Å². The molecule has 2 aliphatic heterocycles. The van der Waals surface area contributed by atoms with E-state index in [0.29, 0.717) is 6.04 Å². The molecule has 19 heavy (non-hydrogen) atoms. The van der Waals surface area contributed by atoms with Crippen LogP contribution >= 0.6 is 11.6 Å². The third kappa shape index (κ3) is 2.47. The van der Waals surface area contributed by atoms with Crippen molar-refractivity contribution in [3.05, 3.63) is 28.8 Å². The molecule has 0 bridgehead atoms. The molecule has 1 aromatic rings. The summed E-state index contributed by atoms with van der Waals surface area (Å²) >= 11 is 6.10.